The van der Waals surface area contributed by atoms with Crippen LogP contribution < -0.4 is 16.4 Å². The number of hydrogen-bond acceptors (Lipinski definition) is 3. The largest absolute Gasteiger partial charge is 0.369 e. The summed E-state index contributed by atoms with van der Waals surface area (Å²) in [6.07, 6.45) is 0. The van der Waals surface area contributed by atoms with Gasteiger partial charge in [0.2, 0.25) is 5.95 Å². The molecule has 1 aromatic heterocycles. The second-order valence-electron chi connectivity index (χ2n) is 5.83. The van der Waals surface area contributed by atoms with Gasteiger partial charge in [0.1, 0.15) is 0 Å². The number of guanidine groups is 1. The first-order valence-electron chi connectivity index (χ1n) is 8.22. The molecule has 0 amide bonds. The first-order valence-corrected chi connectivity index (χ1v) is 8.22. The molecular weight excluding hydrogens is 324 g/mol. The van der Waals surface area contributed by atoms with Crippen molar-refractivity contribution in [2.24, 2.45) is 0 Å². The number of fused-ring (bicyclic) bond motifs is 1. The maximum Gasteiger partial charge on any atom is 0.205 e. The average molecular weight is 342 g/mol. The van der Waals surface area contributed by atoms with E-state index in [1.807, 2.05) is 83.4 Å². The summed E-state index contributed by atoms with van der Waals surface area (Å²) in [5, 5.41) is 14.1. The van der Waals surface area contributed by atoms with Crippen LogP contribution in [0.2, 0.25) is 0 Å². The molecule has 26 heavy (non-hydrogen) atoms. The van der Waals surface area contributed by atoms with Crippen molar-refractivity contribution < 1.29 is 0 Å². The van der Waals surface area contributed by atoms with Gasteiger partial charge in [-0.05, 0) is 48.5 Å². The molecule has 0 bridgehead atoms. The first-order chi connectivity index (χ1) is 12.7. The number of nitrogen functional groups attached to an aromatic ring is 1. The molecule has 4 rings (SSSR count). The topological polar surface area (TPSA) is 91.8 Å². The smallest absolute Gasteiger partial charge is 0.205 e. The maximum atomic E-state index is 8.04. The molecule has 0 radical (unpaired) electrons. The van der Waals surface area contributed by atoms with Crippen LogP contribution in [0.3, 0.4) is 0 Å². The van der Waals surface area contributed by atoms with Crippen LogP contribution in [0.4, 0.5) is 17.3 Å². The molecule has 0 saturated heterocycles. The highest BCUT2D eigenvalue weighted by Gasteiger charge is 2.09. The van der Waals surface area contributed by atoms with E-state index in [0.29, 0.717) is 5.95 Å². The molecule has 0 aliphatic rings. The van der Waals surface area contributed by atoms with Crippen molar-refractivity contribution in [1.82, 2.24) is 9.55 Å². The lowest BCUT2D eigenvalue weighted by Gasteiger charge is -2.12. The van der Waals surface area contributed by atoms with E-state index in [2.05, 4.69) is 15.6 Å². The van der Waals surface area contributed by atoms with E-state index < -0.39 is 0 Å². The molecular formula is C20H18N6. The van der Waals surface area contributed by atoms with Gasteiger partial charge in [0.25, 0.3) is 0 Å². The molecule has 5 N–H and O–H groups in total. The fraction of sp³-hybridized carbons (Fsp3) is 0. The molecule has 0 saturated carbocycles. The van der Waals surface area contributed by atoms with Crippen LogP contribution in [0.25, 0.3) is 16.7 Å². The lowest BCUT2D eigenvalue weighted by Crippen LogP contribution is -2.20. The van der Waals surface area contributed by atoms with E-state index in [1.165, 1.54) is 0 Å². The summed E-state index contributed by atoms with van der Waals surface area (Å²) in [7, 11) is 0. The Morgan fingerprint density at radius 2 is 1.42 bits per heavy atom. The van der Waals surface area contributed by atoms with Gasteiger partial charge in [-0.3, -0.25) is 9.98 Å². The molecule has 0 spiro atoms. The molecule has 1 heterocycles. The molecule has 128 valence electrons. The van der Waals surface area contributed by atoms with Crippen molar-refractivity contribution in [2.45, 2.75) is 0 Å². The van der Waals surface area contributed by atoms with Gasteiger partial charge in [0.05, 0.1) is 11.0 Å². The highest BCUT2D eigenvalue weighted by molar-refractivity contribution is 6.01. The summed E-state index contributed by atoms with van der Waals surface area (Å²) >= 11 is 0. The third kappa shape index (κ3) is 3.08. The zero-order chi connectivity index (χ0) is 17.9. The minimum absolute atomic E-state index is 0.205. The van der Waals surface area contributed by atoms with Crippen LogP contribution in [-0.2, 0) is 0 Å². The molecule has 0 unspecified atom stereocenters. The highest BCUT2D eigenvalue weighted by atomic mass is 15.2. The van der Waals surface area contributed by atoms with E-state index in [-0.39, 0.29) is 5.96 Å². The van der Waals surface area contributed by atoms with Gasteiger partial charge in [-0.2, -0.15) is 0 Å². The number of nitrogens with one attached hydrogen (secondary N) is 3. The summed E-state index contributed by atoms with van der Waals surface area (Å²) < 4.78 is 1.91. The van der Waals surface area contributed by atoms with Gasteiger partial charge in [-0.1, -0.05) is 30.3 Å². The summed E-state index contributed by atoms with van der Waals surface area (Å²) in [4.78, 5) is 4.39. The van der Waals surface area contributed by atoms with Gasteiger partial charge in [-0.25, -0.2) is 4.98 Å². The number of nitrogens with zero attached hydrogens (tertiary/aromatic N) is 2. The lowest BCUT2D eigenvalue weighted by atomic mass is 10.2. The number of rotatable bonds is 3. The van der Waals surface area contributed by atoms with E-state index in [9.17, 15) is 0 Å². The molecule has 0 fully saturated rings. The van der Waals surface area contributed by atoms with Crippen LogP contribution in [0.5, 0.6) is 0 Å². The number of benzene rings is 3. The fourth-order valence-electron chi connectivity index (χ4n) is 2.85. The van der Waals surface area contributed by atoms with E-state index in [1.54, 1.807) is 0 Å². The number of hydrogen-bond donors (Lipinski definition) is 4. The van der Waals surface area contributed by atoms with Crippen LogP contribution >= 0.6 is 0 Å². The Kier molecular flexibility index (Phi) is 3.99. The van der Waals surface area contributed by atoms with Crippen molar-refractivity contribution in [3.8, 4) is 5.69 Å². The van der Waals surface area contributed by atoms with Gasteiger partial charge < -0.3 is 16.4 Å². The Morgan fingerprint density at radius 1 is 0.808 bits per heavy atom. The summed E-state index contributed by atoms with van der Waals surface area (Å²) in [5.41, 5.74) is 10.5. The average Bonchev–Trinajstić information content (AvgIpc) is 2.99. The summed E-state index contributed by atoms with van der Waals surface area (Å²) in [5.74, 6) is 0.655. The van der Waals surface area contributed by atoms with Gasteiger partial charge in [-0.15, -0.1) is 0 Å². The van der Waals surface area contributed by atoms with Crippen LogP contribution in [0.15, 0.2) is 78.9 Å². The Hall–Kier alpha value is -3.80. The fourth-order valence-corrected chi connectivity index (χ4v) is 2.85. The van der Waals surface area contributed by atoms with Gasteiger partial charge in [0.15, 0.2) is 5.96 Å². The number of para-hydroxylation sites is 3. The first kappa shape index (κ1) is 15.7. The van der Waals surface area contributed by atoms with E-state index >= 15 is 0 Å². The van der Waals surface area contributed by atoms with E-state index in [0.717, 1.165) is 28.1 Å². The van der Waals surface area contributed by atoms with Gasteiger partial charge >= 0.3 is 0 Å². The van der Waals surface area contributed by atoms with E-state index in [4.69, 9.17) is 11.1 Å². The Morgan fingerprint density at radius 3 is 2.15 bits per heavy atom. The third-order valence-corrected chi connectivity index (χ3v) is 4.02. The second kappa shape index (κ2) is 6.60. The molecule has 0 aliphatic heterocycles. The number of aromatic nitrogens is 2. The highest BCUT2D eigenvalue weighted by Crippen LogP contribution is 2.23. The number of anilines is 3. The Balaban J connectivity index is 1.53. The molecule has 6 nitrogen and oxygen atoms in total. The number of imidazole rings is 1. The third-order valence-electron chi connectivity index (χ3n) is 4.02. The van der Waals surface area contributed by atoms with Crippen molar-refractivity contribution in [2.75, 3.05) is 16.4 Å². The summed E-state index contributed by atoms with van der Waals surface area (Å²) in [6.45, 7) is 0. The quantitative estimate of drug-likeness (QED) is 0.334. The zero-order valence-corrected chi connectivity index (χ0v) is 14.0. The Labute approximate surface area is 150 Å². The maximum absolute atomic E-state index is 8.04. The molecule has 4 aromatic rings. The van der Waals surface area contributed by atoms with Crippen molar-refractivity contribution in [3.63, 3.8) is 0 Å². The van der Waals surface area contributed by atoms with Gasteiger partial charge in [0, 0.05) is 17.1 Å². The van der Waals surface area contributed by atoms with Crippen molar-refractivity contribution in [3.05, 3.63) is 78.9 Å². The second-order valence-corrected chi connectivity index (χ2v) is 5.83. The van der Waals surface area contributed by atoms with Crippen molar-refractivity contribution >= 4 is 34.3 Å². The minimum Gasteiger partial charge on any atom is -0.369 e. The molecule has 6 heteroatoms. The molecule has 3 aromatic carbocycles. The SMILES string of the molecule is N=C(Nc1ccccc1)Nc1ccc(-n2c(N)nc3ccccc32)cc1. The Bertz CT molecular complexity index is 1050. The standard InChI is InChI=1S/C20H18N6/c21-19(23-14-6-2-1-3-7-14)24-15-10-12-16(13-11-15)26-18-9-5-4-8-17(18)25-20(26)22/h1-13H,(H2,22,25)(H3,21,23,24). The van der Waals surface area contributed by atoms with Crippen LogP contribution in [0, 0.1) is 5.41 Å². The normalized spacial score (nSPS) is 10.6. The summed E-state index contributed by atoms with van der Waals surface area (Å²) in [6, 6.07) is 25.1. The predicted molar refractivity (Wildman–Crippen MR) is 107 cm³/mol. The van der Waals surface area contributed by atoms with Crippen molar-refractivity contribution in [1.29, 1.82) is 5.41 Å². The minimum atomic E-state index is 0.205. The monoisotopic (exact) mass is 342 g/mol. The van der Waals surface area contributed by atoms with Crippen LogP contribution in [0.1, 0.15) is 0 Å². The number of nitrogens with two attached hydrogens (primary N) is 1. The zero-order valence-electron chi connectivity index (χ0n) is 14.0. The molecule has 0 aliphatic carbocycles. The predicted octanol–water partition coefficient (Wildman–Crippen LogP) is 4.07. The molecule has 0 atom stereocenters. The lowest BCUT2D eigenvalue weighted by molar-refractivity contribution is 1.11. The van der Waals surface area contributed by atoms with Crippen LogP contribution in [-0.4, -0.2) is 15.5 Å².